The molecule has 2 unspecified atom stereocenters. The number of benzene rings is 1. The van der Waals surface area contributed by atoms with E-state index in [1.165, 1.54) is 0 Å². The lowest BCUT2D eigenvalue weighted by atomic mass is 9.72. The number of carbonyl (C=O) groups is 1. The first-order valence-electron chi connectivity index (χ1n) is 10.1. The number of fused-ring (bicyclic) bond motifs is 2. The first-order valence-corrected chi connectivity index (χ1v) is 10.1. The van der Waals surface area contributed by atoms with Gasteiger partial charge in [-0.15, -0.1) is 0 Å². The van der Waals surface area contributed by atoms with Crippen molar-refractivity contribution in [3.8, 4) is 0 Å². The van der Waals surface area contributed by atoms with E-state index in [1.54, 1.807) is 12.4 Å². The minimum Gasteiger partial charge on any atom is -0.381 e. The van der Waals surface area contributed by atoms with Crippen molar-refractivity contribution in [1.82, 2.24) is 19.9 Å². The number of nitrogens with zero attached hydrogens (tertiary/aromatic N) is 4. The highest BCUT2D eigenvalue weighted by atomic mass is 16.5. The maximum Gasteiger partial charge on any atom is 0.233 e. The van der Waals surface area contributed by atoms with Gasteiger partial charge in [-0.1, -0.05) is 30.3 Å². The number of carbonyl (C=O) groups excluding carboxylic acids is 1. The Balaban J connectivity index is 1.44. The van der Waals surface area contributed by atoms with Gasteiger partial charge in [-0.3, -0.25) is 4.79 Å². The molecule has 0 spiro atoms. The van der Waals surface area contributed by atoms with Gasteiger partial charge in [-0.05, 0) is 44.1 Å². The summed E-state index contributed by atoms with van der Waals surface area (Å²) in [6, 6.07) is 11.3. The van der Waals surface area contributed by atoms with E-state index in [0.717, 1.165) is 44.1 Å². The van der Waals surface area contributed by atoms with Crippen molar-refractivity contribution in [2.45, 2.75) is 62.1 Å². The van der Waals surface area contributed by atoms with Crippen molar-refractivity contribution in [2.75, 3.05) is 13.2 Å². The molecule has 1 aromatic heterocycles. The van der Waals surface area contributed by atoms with E-state index in [1.807, 2.05) is 23.0 Å². The number of piperidine rings is 1. The van der Waals surface area contributed by atoms with Gasteiger partial charge in [0.2, 0.25) is 5.91 Å². The monoisotopic (exact) mass is 366 g/mol. The zero-order valence-electron chi connectivity index (χ0n) is 15.5. The summed E-state index contributed by atoms with van der Waals surface area (Å²) in [7, 11) is 0. The Morgan fingerprint density at radius 1 is 0.963 bits per heavy atom. The van der Waals surface area contributed by atoms with Crippen LogP contribution in [0, 0.1) is 0 Å². The van der Waals surface area contributed by atoms with Crippen molar-refractivity contribution in [1.29, 1.82) is 0 Å². The second-order valence-corrected chi connectivity index (χ2v) is 8.13. The second kappa shape index (κ2) is 6.75. The molecule has 27 heavy (non-hydrogen) atoms. The molecule has 0 aliphatic carbocycles. The van der Waals surface area contributed by atoms with E-state index >= 15 is 0 Å². The van der Waals surface area contributed by atoms with E-state index in [4.69, 9.17) is 4.74 Å². The zero-order chi connectivity index (χ0) is 18.3. The van der Waals surface area contributed by atoms with Crippen LogP contribution < -0.4 is 0 Å². The normalized spacial score (nSPS) is 29.6. The van der Waals surface area contributed by atoms with Crippen LogP contribution in [0.25, 0.3) is 0 Å². The molecule has 4 heterocycles. The molecule has 6 heteroatoms. The number of hydrogen-bond donors (Lipinski definition) is 0. The Hall–Kier alpha value is -2.21. The fraction of sp³-hybridized carbons (Fsp3) is 0.571. The molecule has 2 atom stereocenters. The smallest absolute Gasteiger partial charge is 0.233 e. The Morgan fingerprint density at radius 3 is 2.22 bits per heavy atom. The van der Waals surface area contributed by atoms with Gasteiger partial charge in [-0.2, -0.15) is 15.0 Å². The van der Waals surface area contributed by atoms with Crippen molar-refractivity contribution in [2.24, 2.45) is 0 Å². The zero-order valence-corrected chi connectivity index (χ0v) is 15.5. The highest BCUT2D eigenvalue weighted by molar-refractivity contribution is 5.89. The maximum absolute atomic E-state index is 14.0. The number of ether oxygens (including phenoxy) is 1. The number of amides is 1. The van der Waals surface area contributed by atoms with Crippen LogP contribution >= 0.6 is 0 Å². The molecule has 0 saturated carbocycles. The second-order valence-electron chi connectivity index (χ2n) is 8.13. The van der Waals surface area contributed by atoms with Crippen LogP contribution in [-0.2, 0) is 14.9 Å². The highest BCUT2D eigenvalue weighted by Crippen LogP contribution is 2.45. The van der Waals surface area contributed by atoms with Crippen LogP contribution in [0.3, 0.4) is 0 Å². The quantitative estimate of drug-likeness (QED) is 0.838. The molecule has 2 aromatic rings. The van der Waals surface area contributed by atoms with Gasteiger partial charge in [-0.25, -0.2) is 0 Å². The molecule has 2 bridgehead atoms. The fourth-order valence-corrected chi connectivity index (χ4v) is 5.43. The lowest BCUT2D eigenvalue weighted by molar-refractivity contribution is -0.146. The van der Waals surface area contributed by atoms with Crippen LogP contribution in [0.2, 0.25) is 0 Å². The lowest BCUT2D eigenvalue weighted by Gasteiger charge is -2.45. The van der Waals surface area contributed by atoms with Crippen LogP contribution in [0.4, 0.5) is 0 Å². The number of rotatable bonds is 3. The maximum atomic E-state index is 14.0. The van der Waals surface area contributed by atoms with Gasteiger partial charge in [0.1, 0.15) is 0 Å². The van der Waals surface area contributed by atoms with E-state index < -0.39 is 5.41 Å². The van der Waals surface area contributed by atoms with Crippen molar-refractivity contribution < 1.29 is 9.53 Å². The molecule has 6 nitrogen and oxygen atoms in total. The molecule has 1 aromatic carbocycles. The molecular formula is C21H26N4O2. The Morgan fingerprint density at radius 2 is 1.59 bits per heavy atom. The Kier molecular flexibility index (Phi) is 4.23. The van der Waals surface area contributed by atoms with Gasteiger partial charge < -0.3 is 9.64 Å². The SMILES string of the molecule is O=C(N1C2CCC1CC(n1nccn1)C2)C1(c2ccccc2)CCOCC1. The van der Waals surface area contributed by atoms with E-state index in [0.29, 0.717) is 37.2 Å². The summed E-state index contributed by atoms with van der Waals surface area (Å²) in [4.78, 5) is 18.0. The third-order valence-corrected chi connectivity index (χ3v) is 6.79. The molecule has 0 radical (unpaired) electrons. The predicted molar refractivity (Wildman–Crippen MR) is 100 cm³/mol. The molecule has 0 N–H and O–H groups in total. The van der Waals surface area contributed by atoms with Crippen molar-refractivity contribution >= 4 is 5.91 Å². The van der Waals surface area contributed by atoms with Gasteiger partial charge in [0, 0.05) is 25.3 Å². The average Bonchev–Trinajstić information content (AvgIpc) is 3.35. The van der Waals surface area contributed by atoms with E-state index in [2.05, 4.69) is 27.2 Å². The summed E-state index contributed by atoms with van der Waals surface area (Å²) in [6.07, 6.45) is 9.13. The summed E-state index contributed by atoms with van der Waals surface area (Å²) in [5.74, 6) is 0.316. The lowest BCUT2D eigenvalue weighted by Crippen LogP contribution is -2.56. The summed E-state index contributed by atoms with van der Waals surface area (Å²) >= 11 is 0. The Bertz CT molecular complexity index is 772. The summed E-state index contributed by atoms with van der Waals surface area (Å²) < 4.78 is 5.63. The van der Waals surface area contributed by atoms with E-state index in [-0.39, 0.29) is 0 Å². The average molecular weight is 366 g/mol. The number of aromatic nitrogens is 3. The molecule has 142 valence electrons. The largest absolute Gasteiger partial charge is 0.381 e. The van der Waals surface area contributed by atoms with Crippen LogP contribution in [0.5, 0.6) is 0 Å². The predicted octanol–water partition coefficient (Wildman–Crippen LogP) is 2.72. The molecule has 1 amide bonds. The summed E-state index contributed by atoms with van der Waals surface area (Å²) in [5.41, 5.74) is 0.713. The van der Waals surface area contributed by atoms with Gasteiger partial charge >= 0.3 is 0 Å². The molecule has 3 saturated heterocycles. The third-order valence-electron chi connectivity index (χ3n) is 6.79. The van der Waals surface area contributed by atoms with Crippen LogP contribution in [0.15, 0.2) is 42.7 Å². The van der Waals surface area contributed by atoms with Gasteiger partial charge in [0.15, 0.2) is 0 Å². The third kappa shape index (κ3) is 2.78. The van der Waals surface area contributed by atoms with Gasteiger partial charge in [0.25, 0.3) is 0 Å². The van der Waals surface area contributed by atoms with Crippen molar-refractivity contribution in [3.63, 3.8) is 0 Å². The standard InChI is InChI=1S/C21H26N4O2/c26-20(21(8-12-27-13-9-21)16-4-2-1-3-5-16)24-17-6-7-18(24)15-19(14-17)25-22-10-11-23-25/h1-5,10-11,17-19H,6-9,12-15H2. The topological polar surface area (TPSA) is 60.2 Å². The van der Waals surface area contributed by atoms with Crippen LogP contribution in [0.1, 0.15) is 50.1 Å². The summed E-state index contributed by atoms with van der Waals surface area (Å²) in [5, 5.41) is 8.69. The highest BCUT2D eigenvalue weighted by Gasteiger charge is 2.51. The molecule has 3 fully saturated rings. The minimum atomic E-state index is -0.433. The van der Waals surface area contributed by atoms with E-state index in [9.17, 15) is 4.79 Å². The molecular weight excluding hydrogens is 340 g/mol. The minimum absolute atomic E-state index is 0.302. The first-order chi connectivity index (χ1) is 13.3. The first kappa shape index (κ1) is 16.9. The summed E-state index contributed by atoms with van der Waals surface area (Å²) in [6.45, 7) is 1.31. The Labute approximate surface area is 159 Å². The number of hydrogen-bond acceptors (Lipinski definition) is 4. The molecule has 5 rings (SSSR count). The fourth-order valence-electron chi connectivity index (χ4n) is 5.43. The molecule has 3 aliphatic heterocycles. The van der Waals surface area contributed by atoms with Gasteiger partial charge in [0.05, 0.1) is 23.9 Å². The van der Waals surface area contributed by atoms with Crippen LogP contribution in [-0.4, -0.2) is 51.1 Å². The molecule has 3 aliphatic rings. The van der Waals surface area contributed by atoms with Crippen molar-refractivity contribution in [3.05, 3.63) is 48.3 Å².